The number of hydrogen-bond acceptors (Lipinski definition) is 1. The van der Waals surface area contributed by atoms with Gasteiger partial charge in [0.05, 0.1) is 6.10 Å². The second kappa shape index (κ2) is 3.95. The van der Waals surface area contributed by atoms with E-state index in [0.717, 1.165) is 13.2 Å². The van der Waals surface area contributed by atoms with Crippen molar-refractivity contribution in [3.63, 3.8) is 0 Å². The Balaban J connectivity index is 1.94. The molecule has 0 spiro atoms. The number of rotatable bonds is 2. The van der Waals surface area contributed by atoms with E-state index in [4.69, 9.17) is 4.74 Å². The molecule has 1 fully saturated rings. The minimum Gasteiger partial charge on any atom is -0.376 e. The number of hydrogen-bond donors (Lipinski definition) is 0. The summed E-state index contributed by atoms with van der Waals surface area (Å²) in [5.41, 5.74) is 2.68. The third-order valence-electron chi connectivity index (χ3n) is 3.46. The van der Waals surface area contributed by atoms with Crippen molar-refractivity contribution in [2.75, 3.05) is 6.61 Å². The van der Waals surface area contributed by atoms with Gasteiger partial charge in [0.15, 0.2) is 0 Å². The van der Waals surface area contributed by atoms with Gasteiger partial charge in [0.25, 0.3) is 0 Å². The van der Waals surface area contributed by atoms with Crippen LogP contribution in [0, 0.1) is 6.92 Å². The summed E-state index contributed by atoms with van der Waals surface area (Å²) >= 11 is 0. The van der Waals surface area contributed by atoms with Crippen molar-refractivity contribution in [1.82, 2.24) is 4.57 Å². The van der Waals surface area contributed by atoms with Crippen molar-refractivity contribution in [2.24, 2.45) is 0 Å². The molecule has 2 heterocycles. The molecule has 0 amide bonds. The summed E-state index contributed by atoms with van der Waals surface area (Å²) in [5, 5.41) is 1.36. The minimum atomic E-state index is 0.413. The lowest BCUT2D eigenvalue weighted by Gasteiger charge is -2.11. The molecule has 0 aliphatic carbocycles. The molecular weight excluding hydrogens is 198 g/mol. The van der Waals surface area contributed by atoms with Crippen LogP contribution in [0.1, 0.15) is 18.4 Å². The van der Waals surface area contributed by atoms with Crippen LogP contribution < -0.4 is 0 Å². The van der Waals surface area contributed by atoms with Gasteiger partial charge in [0.2, 0.25) is 0 Å². The number of aromatic nitrogens is 1. The molecule has 1 aliphatic rings. The van der Waals surface area contributed by atoms with Crippen LogP contribution in [0.15, 0.2) is 30.5 Å². The Bertz CT molecular complexity index is 494. The Labute approximate surface area is 95.8 Å². The van der Waals surface area contributed by atoms with Gasteiger partial charge in [-0.15, -0.1) is 0 Å². The van der Waals surface area contributed by atoms with E-state index in [1.807, 2.05) is 0 Å². The highest BCUT2D eigenvalue weighted by atomic mass is 16.5. The van der Waals surface area contributed by atoms with Gasteiger partial charge in [-0.2, -0.15) is 0 Å². The van der Waals surface area contributed by atoms with Crippen LogP contribution in [0.5, 0.6) is 0 Å². The highest BCUT2D eigenvalue weighted by Crippen LogP contribution is 2.22. The Morgan fingerprint density at radius 3 is 3.12 bits per heavy atom. The number of nitrogens with zero attached hydrogens (tertiary/aromatic N) is 1. The van der Waals surface area contributed by atoms with Crippen molar-refractivity contribution in [3.05, 3.63) is 36.0 Å². The molecule has 84 valence electrons. The Morgan fingerprint density at radius 2 is 2.31 bits per heavy atom. The Morgan fingerprint density at radius 1 is 1.38 bits per heavy atom. The first-order valence-electron chi connectivity index (χ1n) is 6.00. The normalized spacial score (nSPS) is 20.7. The number of ether oxygens (including phenoxy) is 1. The third-order valence-corrected chi connectivity index (χ3v) is 3.46. The number of benzene rings is 1. The molecular formula is C14H17NO. The molecule has 2 heteroatoms. The third kappa shape index (κ3) is 1.63. The van der Waals surface area contributed by atoms with Crippen LogP contribution in [0.25, 0.3) is 10.9 Å². The van der Waals surface area contributed by atoms with Crippen LogP contribution in [0.4, 0.5) is 0 Å². The zero-order valence-electron chi connectivity index (χ0n) is 9.65. The van der Waals surface area contributed by atoms with Gasteiger partial charge in [-0.25, -0.2) is 0 Å². The molecule has 2 aromatic rings. The topological polar surface area (TPSA) is 14.2 Å². The number of aryl methyl sites for hydroxylation is 1. The van der Waals surface area contributed by atoms with Crippen LogP contribution in [0.3, 0.4) is 0 Å². The summed E-state index contributed by atoms with van der Waals surface area (Å²) in [4.78, 5) is 0. The Hall–Kier alpha value is -1.28. The van der Waals surface area contributed by atoms with Crippen molar-refractivity contribution in [3.8, 4) is 0 Å². The van der Waals surface area contributed by atoms with E-state index < -0.39 is 0 Å². The second-order valence-corrected chi connectivity index (χ2v) is 4.61. The van der Waals surface area contributed by atoms with E-state index in [1.165, 1.54) is 29.3 Å². The lowest BCUT2D eigenvalue weighted by Crippen LogP contribution is -2.13. The molecule has 3 rings (SSSR count). The van der Waals surface area contributed by atoms with E-state index in [-0.39, 0.29) is 0 Å². The van der Waals surface area contributed by atoms with Crippen molar-refractivity contribution >= 4 is 10.9 Å². The number of fused-ring (bicyclic) bond motifs is 1. The summed E-state index contributed by atoms with van der Waals surface area (Å²) in [6.07, 6.45) is 5.00. The summed E-state index contributed by atoms with van der Waals surface area (Å²) in [5.74, 6) is 0. The lowest BCUT2D eigenvalue weighted by molar-refractivity contribution is 0.0980. The molecule has 1 aromatic heterocycles. The molecule has 0 N–H and O–H groups in total. The fraction of sp³-hybridized carbons (Fsp3) is 0.429. The van der Waals surface area contributed by atoms with Crippen molar-refractivity contribution in [1.29, 1.82) is 0 Å². The standard InChI is InChI=1S/C14H17NO/c1-11-4-2-6-14-13(11)7-8-15(14)10-12-5-3-9-16-12/h2,4,6-8,12H,3,5,9-10H2,1H3. The van der Waals surface area contributed by atoms with Gasteiger partial charge >= 0.3 is 0 Å². The lowest BCUT2D eigenvalue weighted by atomic mass is 10.1. The maximum atomic E-state index is 5.68. The van der Waals surface area contributed by atoms with Crippen LogP contribution in [-0.4, -0.2) is 17.3 Å². The van der Waals surface area contributed by atoms with Crippen LogP contribution >= 0.6 is 0 Å². The molecule has 0 bridgehead atoms. The average molecular weight is 215 g/mol. The summed E-state index contributed by atoms with van der Waals surface area (Å²) < 4.78 is 8.00. The van der Waals surface area contributed by atoms with Gasteiger partial charge in [-0.05, 0) is 37.5 Å². The van der Waals surface area contributed by atoms with Crippen molar-refractivity contribution in [2.45, 2.75) is 32.4 Å². The quantitative estimate of drug-likeness (QED) is 0.750. The maximum Gasteiger partial charge on any atom is 0.0754 e. The Kier molecular flexibility index (Phi) is 2.44. The highest BCUT2D eigenvalue weighted by molar-refractivity contribution is 5.83. The van der Waals surface area contributed by atoms with Gasteiger partial charge < -0.3 is 9.30 Å². The zero-order chi connectivity index (χ0) is 11.0. The zero-order valence-corrected chi connectivity index (χ0v) is 9.65. The smallest absolute Gasteiger partial charge is 0.0754 e. The average Bonchev–Trinajstić information content (AvgIpc) is 2.90. The molecule has 2 nitrogen and oxygen atoms in total. The predicted molar refractivity (Wildman–Crippen MR) is 65.6 cm³/mol. The first kappa shape index (κ1) is 9.91. The first-order valence-corrected chi connectivity index (χ1v) is 6.00. The molecule has 1 unspecified atom stereocenters. The molecule has 0 radical (unpaired) electrons. The van der Waals surface area contributed by atoms with Gasteiger partial charge in [-0.1, -0.05) is 12.1 Å². The van der Waals surface area contributed by atoms with Crippen LogP contribution in [0.2, 0.25) is 0 Å². The van der Waals surface area contributed by atoms with Gasteiger partial charge in [0, 0.05) is 30.3 Å². The largest absolute Gasteiger partial charge is 0.376 e. The van der Waals surface area contributed by atoms with E-state index in [2.05, 4.69) is 42.0 Å². The highest BCUT2D eigenvalue weighted by Gasteiger charge is 2.16. The second-order valence-electron chi connectivity index (χ2n) is 4.61. The van der Waals surface area contributed by atoms with Crippen molar-refractivity contribution < 1.29 is 4.74 Å². The SMILES string of the molecule is Cc1cccc2c1ccn2CC1CCCO1. The maximum absolute atomic E-state index is 5.68. The van der Waals surface area contributed by atoms with Crippen LogP contribution in [-0.2, 0) is 11.3 Å². The molecule has 1 aliphatic heterocycles. The van der Waals surface area contributed by atoms with Gasteiger partial charge in [0.1, 0.15) is 0 Å². The fourth-order valence-corrected chi connectivity index (χ4v) is 2.54. The van der Waals surface area contributed by atoms with E-state index in [9.17, 15) is 0 Å². The molecule has 0 saturated carbocycles. The summed E-state index contributed by atoms with van der Waals surface area (Å²) in [7, 11) is 0. The monoisotopic (exact) mass is 215 g/mol. The molecule has 16 heavy (non-hydrogen) atoms. The first-order chi connectivity index (χ1) is 7.84. The van der Waals surface area contributed by atoms with E-state index >= 15 is 0 Å². The molecule has 1 atom stereocenters. The molecule has 1 aromatic carbocycles. The van der Waals surface area contributed by atoms with E-state index in [1.54, 1.807) is 0 Å². The molecule has 1 saturated heterocycles. The fourth-order valence-electron chi connectivity index (χ4n) is 2.54. The predicted octanol–water partition coefficient (Wildman–Crippen LogP) is 3.13. The summed E-state index contributed by atoms with van der Waals surface area (Å²) in [6, 6.07) is 8.69. The van der Waals surface area contributed by atoms with E-state index in [0.29, 0.717) is 6.10 Å². The summed E-state index contributed by atoms with van der Waals surface area (Å²) in [6.45, 7) is 4.09. The minimum absolute atomic E-state index is 0.413. The van der Waals surface area contributed by atoms with Gasteiger partial charge in [-0.3, -0.25) is 0 Å².